The molecule has 0 aliphatic rings. The summed E-state index contributed by atoms with van der Waals surface area (Å²) in [6.07, 6.45) is 0. The van der Waals surface area contributed by atoms with E-state index in [0.29, 0.717) is 11.3 Å². The molecule has 0 spiro atoms. The number of anilines is 1. The van der Waals surface area contributed by atoms with E-state index in [2.05, 4.69) is 69.0 Å². The summed E-state index contributed by atoms with van der Waals surface area (Å²) >= 11 is 15.0. The van der Waals surface area contributed by atoms with Crippen LogP contribution in [-0.2, 0) is 0 Å². The minimum atomic E-state index is -0.138. The number of halogens is 4. The lowest BCUT2D eigenvalue weighted by atomic mass is 10.3. The molecule has 2 nitrogen and oxygen atoms in total. The van der Waals surface area contributed by atoms with Gasteiger partial charge in [-0.15, -0.1) is 11.3 Å². The van der Waals surface area contributed by atoms with Gasteiger partial charge in [0.1, 0.15) is 0 Å². The van der Waals surface area contributed by atoms with Gasteiger partial charge in [0.05, 0.1) is 15.0 Å². The fourth-order valence-corrected chi connectivity index (χ4v) is 4.87. The molecule has 94 valence electrons. The maximum atomic E-state index is 12.0. The zero-order valence-corrected chi connectivity index (χ0v) is 15.8. The number of carbonyl (C=O) groups is 1. The van der Waals surface area contributed by atoms with E-state index in [1.165, 1.54) is 11.3 Å². The molecule has 2 aromatic rings. The molecular formula is C11H5Br4NOS. The van der Waals surface area contributed by atoms with Crippen LogP contribution in [0.3, 0.4) is 0 Å². The molecule has 0 atom stereocenters. The van der Waals surface area contributed by atoms with Gasteiger partial charge in [0.2, 0.25) is 0 Å². The number of hydrogen-bond donors (Lipinski definition) is 1. The Kier molecular flexibility index (Phi) is 5.05. The van der Waals surface area contributed by atoms with Crippen molar-refractivity contribution in [2.75, 3.05) is 5.32 Å². The van der Waals surface area contributed by atoms with Crippen LogP contribution in [0.25, 0.3) is 0 Å². The number of thiophene rings is 1. The molecule has 1 amide bonds. The van der Waals surface area contributed by atoms with E-state index >= 15 is 0 Å². The van der Waals surface area contributed by atoms with Crippen molar-refractivity contribution < 1.29 is 4.79 Å². The Labute approximate surface area is 142 Å². The number of nitrogens with one attached hydrogen (secondary N) is 1. The predicted molar refractivity (Wildman–Crippen MR) is 89.5 cm³/mol. The van der Waals surface area contributed by atoms with E-state index in [1.807, 2.05) is 12.1 Å². The monoisotopic (exact) mass is 515 g/mol. The standard InChI is InChI=1S/C11H5Br4NOS/c12-6-2-7(13)10(8(14)3-6)16-11(17)5-1-9(15)18-4-5/h1-4H,(H,16,17). The van der Waals surface area contributed by atoms with Crippen LogP contribution in [0.1, 0.15) is 10.4 Å². The van der Waals surface area contributed by atoms with Crippen LogP contribution in [0.5, 0.6) is 0 Å². The quantitative estimate of drug-likeness (QED) is 0.515. The van der Waals surface area contributed by atoms with Crippen molar-refractivity contribution in [1.82, 2.24) is 0 Å². The predicted octanol–water partition coefficient (Wildman–Crippen LogP) is 6.05. The van der Waals surface area contributed by atoms with Crippen molar-refractivity contribution in [1.29, 1.82) is 0 Å². The second-order valence-corrected chi connectivity index (χ2v) is 8.25. The van der Waals surface area contributed by atoms with Crippen molar-refractivity contribution in [2.24, 2.45) is 0 Å². The molecule has 2 rings (SSSR count). The maximum Gasteiger partial charge on any atom is 0.256 e. The fourth-order valence-electron chi connectivity index (χ4n) is 1.28. The van der Waals surface area contributed by atoms with E-state index in [9.17, 15) is 4.79 Å². The fraction of sp³-hybridized carbons (Fsp3) is 0. The largest absolute Gasteiger partial charge is 0.320 e. The van der Waals surface area contributed by atoms with Gasteiger partial charge in [0, 0.05) is 18.8 Å². The van der Waals surface area contributed by atoms with Crippen LogP contribution >= 0.6 is 75.1 Å². The molecule has 0 aliphatic heterocycles. The van der Waals surface area contributed by atoms with Crippen LogP contribution in [-0.4, -0.2) is 5.91 Å². The van der Waals surface area contributed by atoms with E-state index in [4.69, 9.17) is 0 Å². The van der Waals surface area contributed by atoms with E-state index in [0.717, 1.165) is 17.2 Å². The van der Waals surface area contributed by atoms with E-state index in [1.54, 1.807) is 11.4 Å². The molecular weight excluding hydrogens is 514 g/mol. The zero-order valence-electron chi connectivity index (χ0n) is 8.64. The Morgan fingerprint density at radius 2 is 1.67 bits per heavy atom. The lowest BCUT2D eigenvalue weighted by Gasteiger charge is -2.09. The lowest BCUT2D eigenvalue weighted by molar-refractivity contribution is 0.102. The molecule has 0 saturated heterocycles. The molecule has 1 aromatic carbocycles. The van der Waals surface area contributed by atoms with Gasteiger partial charge in [-0.25, -0.2) is 0 Å². The molecule has 0 fully saturated rings. The number of carbonyl (C=O) groups excluding carboxylic acids is 1. The summed E-state index contributed by atoms with van der Waals surface area (Å²) in [6, 6.07) is 5.55. The summed E-state index contributed by atoms with van der Waals surface area (Å²) < 4.78 is 3.48. The summed E-state index contributed by atoms with van der Waals surface area (Å²) in [7, 11) is 0. The minimum Gasteiger partial charge on any atom is -0.320 e. The van der Waals surface area contributed by atoms with Crippen molar-refractivity contribution in [3.05, 3.63) is 46.3 Å². The van der Waals surface area contributed by atoms with Crippen LogP contribution < -0.4 is 5.32 Å². The average Bonchev–Trinajstić information content (AvgIpc) is 2.70. The van der Waals surface area contributed by atoms with Gasteiger partial charge in [0.15, 0.2) is 0 Å². The summed E-state index contributed by atoms with van der Waals surface area (Å²) in [5.41, 5.74) is 1.35. The molecule has 1 N–H and O–H groups in total. The number of rotatable bonds is 2. The van der Waals surface area contributed by atoms with Gasteiger partial charge in [-0.3, -0.25) is 4.79 Å². The van der Waals surface area contributed by atoms with Gasteiger partial charge in [-0.05, 0) is 66.0 Å². The molecule has 0 saturated carbocycles. The molecule has 1 heterocycles. The topological polar surface area (TPSA) is 29.1 Å². The Bertz CT molecular complexity index is 588. The smallest absolute Gasteiger partial charge is 0.256 e. The SMILES string of the molecule is O=C(Nc1c(Br)cc(Br)cc1Br)c1csc(Br)c1. The first-order valence-electron chi connectivity index (χ1n) is 4.67. The minimum absolute atomic E-state index is 0.138. The molecule has 18 heavy (non-hydrogen) atoms. The Balaban J connectivity index is 2.27. The van der Waals surface area contributed by atoms with E-state index < -0.39 is 0 Å². The van der Waals surface area contributed by atoms with E-state index in [-0.39, 0.29) is 5.91 Å². The Hall–Kier alpha value is 0.310. The van der Waals surface area contributed by atoms with Crippen LogP contribution in [0.15, 0.2) is 40.8 Å². The van der Waals surface area contributed by atoms with Crippen LogP contribution in [0, 0.1) is 0 Å². The average molecular weight is 519 g/mol. The van der Waals surface area contributed by atoms with Gasteiger partial charge in [0.25, 0.3) is 5.91 Å². The van der Waals surface area contributed by atoms with Crippen LogP contribution in [0.4, 0.5) is 5.69 Å². The Morgan fingerprint density at radius 3 is 2.17 bits per heavy atom. The van der Waals surface area contributed by atoms with Gasteiger partial charge < -0.3 is 5.32 Å². The summed E-state index contributed by atoms with van der Waals surface area (Å²) in [5, 5.41) is 4.67. The normalized spacial score (nSPS) is 10.4. The van der Waals surface area contributed by atoms with Crippen molar-refractivity contribution >= 4 is 86.7 Å². The highest BCUT2D eigenvalue weighted by Crippen LogP contribution is 2.34. The molecule has 0 aliphatic carbocycles. The highest BCUT2D eigenvalue weighted by molar-refractivity contribution is 9.12. The van der Waals surface area contributed by atoms with Gasteiger partial charge in [-0.1, -0.05) is 15.9 Å². The second-order valence-electron chi connectivity index (χ2n) is 3.34. The third kappa shape index (κ3) is 3.45. The first-order chi connectivity index (χ1) is 8.47. The van der Waals surface area contributed by atoms with Crippen molar-refractivity contribution in [2.45, 2.75) is 0 Å². The first kappa shape index (κ1) is 14.7. The first-order valence-corrected chi connectivity index (χ1v) is 8.72. The lowest BCUT2D eigenvalue weighted by Crippen LogP contribution is -2.11. The third-order valence-electron chi connectivity index (χ3n) is 2.08. The van der Waals surface area contributed by atoms with Gasteiger partial charge >= 0.3 is 0 Å². The molecule has 1 aromatic heterocycles. The van der Waals surface area contributed by atoms with Crippen molar-refractivity contribution in [3.8, 4) is 0 Å². The third-order valence-corrected chi connectivity index (χ3v) is 5.29. The number of benzene rings is 1. The summed E-state index contributed by atoms with van der Waals surface area (Å²) in [4.78, 5) is 12.0. The van der Waals surface area contributed by atoms with Gasteiger partial charge in [-0.2, -0.15) is 0 Å². The van der Waals surface area contributed by atoms with Crippen molar-refractivity contribution in [3.63, 3.8) is 0 Å². The zero-order chi connectivity index (χ0) is 13.3. The second kappa shape index (κ2) is 6.17. The molecule has 0 unspecified atom stereocenters. The van der Waals surface area contributed by atoms with Crippen LogP contribution in [0.2, 0.25) is 0 Å². The Morgan fingerprint density at radius 1 is 1.06 bits per heavy atom. The number of hydrogen-bond acceptors (Lipinski definition) is 2. The summed E-state index contributed by atoms with van der Waals surface area (Å²) in [5.74, 6) is -0.138. The number of amides is 1. The highest BCUT2D eigenvalue weighted by Gasteiger charge is 2.13. The molecule has 0 radical (unpaired) electrons. The summed E-state index contributed by atoms with van der Waals surface area (Å²) in [6.45, 7) is 0. The maximum absolute atomic E-state index is 12.0. The highest BCUT2D eigenvalue weighted by atomic mass is 79.9. The molecule has 0 bridgehead atoms. The molecule has 7 heteroatoms.